The second-order valence-electron chi connectivity index (χ2n) is 4.06. The Labute approximate surface area is 114 Å². The van der Waals surface area contributed by atoms with Crippen molar-refractivity contribution in [3.63, 3.8) is 0 Å². The number of thioether (sulfide) groups is 1. The van der Waals surface area contributed by atoms with Crippen molar-refractivity contribution < 1.29 is 9.90 Å². The van der Waals surface area contributed by atoms with E-state index in [2.05, 4.69) is 37.0 Å². The molecule has 0 bridgehead atoms. The summed E-state index contributed by atoms with van der Waals surface area (Å²) in [6, 6.07) is 6.30. The Balaban J connectivity index is 2.21. The van der Waals surface area contributed by atoms with Gasteiger partial charge >= 0.3 is 5.97 Å². The molecule has 0 saturated carbocycles. The fraction of sp³-hybridized carbons (Fsp3) is 0.231. The number of aromatic nitrogens is 1. The second kappa shape index (κ2) is 5.54. The van der Waals surface area contributed by atoms with Crippen molar-refractivity contribution in [2.75, 3.05) is 5.75 Å². The molecule has 0 spiro atoms. The summed E-state index contributed by atoms with van der Waals surface area (Å²) in [4.78, 5) is 14.9. The van der Waals surface area contributed by atoms with E-state index in [1.807, 2.05) is 5.38 Å². The zero-order valence-electron chi connectivity index (χ0n) is 10.1. The van der Waals surface area contributed by atoms with Gasteiger partial charge in [0.05, 0.1) is 11.4 Å². The average Bonchev–Trinajstić information content (AvgIpc) is 2.73. The first-order chi connectivity index (χ1) is 8.54. The van der Waals surface area contributed by atoms with Gasteiger partial charge in [-0.25, -0.2) is 4.98 Å². The maximum atomic E-state index is 10.5. The van der Waals surface area contributed by atoms with Crippen molar-refractivity contribution in [3.8, 4) is 11.3 Å². The van der Waals surface area contributed by atoms with Crippen LogP contribution in [0.15, 0.2) is 27.9 Å². The standard InChI is InChI=1S/C13H13NO2S2/c1-8-3-9(2)5-10(4-8)11-6-17-13(14-11)18-7-12(15)16/h3-6H,7H2,1-2H3,(H,15,16). The quantitative estimate of drug-likeness (QED) is 0.869. The summed E-state index contributed by atoms with van der Waals surface area (Å²) in [5.41, 5.74) is 4.42. The summed E-state index contributed by atoms with van der Waals surface area (Å²) in [7, 11) is 0. The first-order valence-electron chi connectivity index (χ1n) is 5.43. The molecule has 0 unspecified atom stereocenters. The minimum atomic E-state index is -0.817. The number of rotatable bonds is 4. The van der Waals surface area contributed by atoms with Crippen LogP contribution in [0, 0.1) is 13.8 Å². The van der Waals surface area contributed by atoms with Gasteiger partial charge in [-0.05, 0) is 26.0 Å². The Kier molecular flexibility index (Phi) is 4.04. The zero-order valence-corrected chi connectivity index (χ0v) is 11.8. The Bertz CT molecular complexity index is 558. The molecule has 0 amide bonds. The highest BCUT2D eigenvalue weighted by molar-refractivity contribution is 8.01. The molecule has 94 valence electrons. The van der Waals surface area contributed by atoms with Gasteiger partial charge in [-0.1, -0.05) is 29.0 Å². The summed E-state index contributed by atoms with van der Waals surface area (Å²) in [6.45, 7) is 4.12. The molecule has 2 rings (SSSR count). The zero-order chi connectivity index (χ0) is 13.1. The predicted octanol–water partition coefficient (Wildman–Crippen LogP) is 3.60. The smallest absolute Gasteiger partial charge is 0.313 e. The van der Waals surface area contributed by atoms with Gasteiger partial charge in [-0.15, -0.1) is 11.3 Å². The first-order valence-corrected chi connectivity index (χ1v) is 7.30. The van der Waals surface area contributed by atoms with E-state index in [9.17, 15) is 4.79 Å². The molecule has 1 aromatic heterocycles. The maximum Gasteiger partial charge on any atom is 0.313 e. The number of carboxylic acid groups (broad SMARTS) is 1. The van der Waals surface area contributed by atoms with E-state index in [4.69, 9.17) is 5.11 Å². The Morgan fingerprint density at radius 2 is 2.00 bits per heavy atom. The maximum absolute atomic E-state index is 10.5. The largest absolute Gasteiger partial charge is 0.481 e. The summed E-state index contributed by atoms with van der Waals surface area (Å²) < 4.78 is 0.798. The van der Waals surface area contributed by atoms with Gasteiger partial charge in [-0.3, -0.25) is 4.79 Å². The van der Waals surface area contributed by atoms with Gasteiger partial charge in [0.1, 0.15) is 0 Å². The SMILES string of the molecule is Cc1cc(C)cc(-c2csc(SCC(=O)O)n2)c1. The molecule has 0 aliphatic heterocycles. The van der Waals surface area contributed by atoms with Crippen LogP contribution in [0.3, 0.4) is 0 Å². The lowest BCUT2D eigenvalue weighted by Gasteiger charge is -2.01. The van der Waals surface area contributed by atoms with Gasteiger partial charge < -0.3 is 5.11 Å². The average molecular weight is 279 g/mol. The predicted molar refractivity (Wildman–Crippen MR) is 75.4 cm³/mol. The van der Waals surface area contributed by atoms with Crippen LogP contribution < -0.4 is 0 Å². The van der Waals surface area contributed by atoms with Gasteiger partial charge in [-0.2, -0.15) is 0 Å². The van der Waals surface area contributed by atoms with Crippen molar-refractivity contribution in [2.45, 2.75) is 18.2 Å². The van der Waals surface area contributed by atoms with Crippen molar-refractivity contribution in [1.82, 2.24) is 4.98 Å². The molecule has 0 saturated heterocycles. The third-order valence-corrected chi connectivity index (χ3v) is 4.33. The number of aryl methyl sites for hydroxylation is 2. The van der Waals surface area contributed by atoms with Crippen LogP contribution in [0.1, 0.15) is 11.1 Å². The van der Waals surface area contributed by atoms with E-state index < -0.39 is 5.97 Å². The van der Waals surface area contributed by atoms with E-state index in [1.165, 1.54) is 34.2 Å². The van der Waals surface area contributed by atoms with E-state index in [0.717, 1.165) is 15.6 Å². The topological polar surface area (TPSA) is 50.2 Å². The summed E-state index contributed by atoms with van der Waals surface area (Å²) in [5, 5.41) is 10.6. The number of nitrogens with zero attached hydrogens (tertiary/aromatic N) is 1. The van der Waals surface area contributed by atoms with Gasteiger partial charge in [0, 0.05) is 10.9 Å². The fourth-order valence-electron chi connectivity index (χ4n) is 1.70. The molecule has 2 aromatic rings. The highest BCUT2D eigenvalue weighted by Gasteiger charge is 2.07. The Hall–Kier alpha value is -1.33. The lowest BCUT2D eigenvalue weighted by molar-refractivity contribution is -0.133. The summed E-state index contributed by atoms with van der Waals surface area (Å²) in [6.07, 6.45) is 0. The number of aliphatic carboxylic acids is 1. The van der Waals surface area contributed by atoms with Crippen LogP contribution in [-0.2, 0) is 4.79 Å². The lowest BCUT2D eigenvalue weighted by Crippen LogP contribution is -1.96. The van der Waals surface area contributed by atoms with Crippen LogP contribution in [0.2, 0.25) is 0 Å². The normalized spacial score (nSPS) is 10.6. The van der Waals surface area contributed by atoms with Gasteiger partial charge in [0.15, 0.2) is 4.34 Å². The van der Waals surface area contributed by atoms with Crippen LogP contribution in [0.5, 0.6) is 0 Å². The second-order valence-corrected chi connectivity index (χ2v) is 6.14. The third kappa shape index (κ3) is 3.34. The number of hydrogen-bond donors (Lipinski definition) is 1. The highest BCUT2D eigenvalue weighted by Crippen LogP contribution is 2.29. The molecule has 0 aliphatic carbocycles. The Morgan fingerprint density at radius 3 is 2.61 bits per heavy atom. The third-order valence-electron chi connectivity index (χ3n) is 2.32. The molecule has 0 aliphatic rings. The summed E-state index contributed by atoms with van der Waals surface area (Å²) >= 11 is 2.75. The molecule has 5 heteroatoms. The van der Waals surface area contributed by atoms with E-state index in [-0.39, 0.29) is 5.75 Å². The van der Waals surface area contributed by atoms with E-state index in [0.29, 0.717) is 0 Å². The molecule has 0 fully saturated rings. The van der Waals surface area contributed by atoms with Gasteiger partial charge in [0.25, 0.3) is 0 Å². The summed E-state index contributed by atoms with van der Waals surface area (Å²) in [5.74, 6) is -0.761. The molecule has 1 aromatic carbocycles. The fourth-order valence-corrected chi connectivity index (χ4v) is 3.26. The van der Waals surface area contributed by atoms with Crippen molar-refractivity contribution >= 4 is 29.1 Å². The van der Waals surface area contributed by atoms with Crippen LogP contribution in [-0.4, -0.2) is 21.8 Å². The number of hydrogen-bond acceptors (Lipinski definition) is 4. The molecular formula is C13H13NO2S2. The molecule has 1 N–H and O–H groups in total. The van der Waals surface area contributed by atoms with E-state index in [1.54, 1.807) is 0 Å². The highest BCUT2D eigenvalue weighted by atomic mass is 32.2. The molecule has 1 heterocycles. The van der Waals surface area contributed by atoms with Crippen LogP contribution >= 0.6 is 23.1 Å². The molecule has 0 radical (unpaired) electrons. The van der Waals surface area contributed by atoms with Crippen molar-refractivity contribution in [3.05, 3.63) is 34.7 Å². The molecule has 18 heavy (non-hydrogen) atoms. The number of benzene rings is 1. The minimum absolute atomic E-state index is 0.0554. The molecule has 0 atom stereocenters. The van der Waals surface area contributed by atoms with Crippen LogP contribution in [0.25, 0.3) is 11.3 Å². The number of thiazole rings is 1. The van der Waals surface area contributed by atoms with Crippen molar-refractivity contribution in [1.29, 1.82) is 0 Å². The Morgan fingerprint density at radius 1 is 1.33 bits per heavy atom. The molecular weight excluding hydrogens is 266 g/mol. The molecule has 3 nitrogen and oxygen atoms in total. The number of carbonyl (C=O) groups is 1. The van der Waals surface area contributed by atoms with Crippen molar-refractivity contribution in [2.24, 2.45) is 0 Å². The van der Waals surface area contributed by atoms with E-state index >= 15 is 0 Å². The lowest BCUT2D eigenvalue weighted by atomic mass is 10.1. The minimum Gasteiger partial charge on any atom is -0.481 e. The first kappa shape index (κ1) is 13.1. The number of carboxylic acids is 1. The van der Waals surface area contributed by atoms with Crippen LogP contribution in [0.4, 0.5) is 0 Å². The van der Waals surface area contributed by atoms with Gasteiger partial charge in [0.2, 0.25) is 0 Å². The monoisotopic (exact) mass is 279 g/mol.